The van der Waals surface area contributed by atoms with E-state index < -0.39 is 0 Å². The molecule has 0 aliphatic carbocycles. The third kappa shape index (κ3) is 5.24. The Morgan fingerprint density at radius 1 is 0.410 bits per heavy atom. The Morgan fingerprint density at radius 3 is 1.23 bits per heavy atom. The highest BCUT2D eigenvalue weighted by Gasteiger charge is 2.15. The monoisotopic (exact) mass is 508 g/mol. The van der Waals surface area contributed by atoms with Gasteiger partial charge in [-0.1, -0.05) is 97.1 Å². The number of hydrogen-bond donors (Lipinski definition) is 0. The molecule has 0 spiro atoms. The lowest BCUT2D eigenvalue weighted by atomic mass is 9.86. The summed E-state index contributed by atoms with van der Waals surface area (Å²) in [7, 11) is 3.42. The molecule has 6 aromatic carbocycles. The van der Waals surface area contributed by atoms with Crippen molar-refractivity contribution in [3.8, 4) is 11.5 Å². The highest BCUT2D eigenvalue weighted by Crippen LogP contribution is 2.32. The number of methoxy groups -OCH3 is 2. The second-order valence-electron chi connectivity index (χ2n) is 10.1. The quantitative estimate of drug-likeness (QED) is 0.205. The maximum atomic E-state index is 5.39. The van der Waals surface area contributed by atoms with Gasteiger partial charge in [-0.3, -0.25) is 0 Å². The molecule has 2 heteroatoms. The van der Waals surface area contributed by atoms with E-state index >= 15 is 0 Å². The molecule has 0 saturated carbocycles. The average molecular weight is 509 g/mol. The van der Waals surface area contributed by atoms with Crippen molar-refractivity contribution in [2.45, 2.75) is 19.3 Å². The van der Waals surface area contributed by atoms with Crippen molar-refractivity contribution in [2.75, 3.05) is 14.2 Å². The zero-order valence-corrected chi connectivity index (χ0v) is 22.5. The van der Waals surface area contributed by atoms with Crippen LogP contribution in [-0.4, -0.2) is 14.2 Å². The smallest absolute Gasteiger partial charge is 0.118 e. The molecule has 0 bridgehead atoms. The van der Waals surface area contributed by atoms with Gasteiger partial charge < -0.3 is 9.47 Å². The topological polar surface area (TPSA) is 18.5 Å². The maximum absolute atomic E-state index is 5.39. The first-order chi connectivity index (χ1) is 19.2. The third-order valence-corrected chi connectivity index (χ3v) is 7.74. The van der Waals surface area contributed by atoms with Crippen molar-refractivity contribution in [1.82, 2.24) is 0 Å². The van der Waals surface area contributed by atoms with Gasteiger partial charge in [-0.05, 0) is 98.5 Å². The van der Waals surface area contributed by atoms with E-state index in [4.69, 9.17) is 9.47 Å². The molecular formula is C37H32O2. The number of ether oxygens (including phenoxy) is 2. The van der Waals surface area contributed by atoms with Crippen molar-refractivity contribution in [3.05, 3.63) is 155 Å². The summed E-state index contributed by atoms with van der Waals surface area (Å²) in [5.74, 6) is 1.77. The van der Waals surface area contributed by atoms with Crippen LogP contribution in [0.4, 0.5) is 0 Å². The van der Waals surface area contributed by atoms with Gasteiger partial charge in [0, 0.05) is 0 Å². The van der Waals surface area contributed by atoms with Crippen LogP contribution in [-0.2, 0) is 19.3 Å². The molecule has 39 heavy (non-hydrogen) atoms. The summed E-state index contributed by atoms with van der Waals surface area (Å²) in [6.45, 7) is 0. The summed E-state index contributed by atoms with van der Waals surface area (Å²) in [4.78, 5) is 0. The fraction of sp³-hybridized carbons (Fsp3) is 0.135. The minimum Gasteiger partial charge on any atom is -0.497 e. The SMILES string of the molecule is COc1ccc(Cc2ccc3ccccc3c2Cc2c(Cc3ccc(OC)cc3)ccc3ccccc23)cc1. The first kappa shape index (κ1) is 24.8. The van der Waals surface area contributed by atoms with E-state index in [0.717, 1.165) is 30.8 Å². The molecule has 2 nitrogen and oxygen atoms in total. The molecule has 0 aliphatic heterocycles. The van der Waals surface area contributed by atoms with Crippen LogP contribution in [0.5, 0.6) is 11.5 Å². The van der Waals surface area contributed by atoms with E-state index in [-0.39, 0.29) is 0 Å². The van der Waals surface area contributed by atoms with Crippen LogP contribution in [0.25, 0.3) is 21.5 Å². The Morgan fingerprint density at radius 2 is 0.821 bits per heavy atom. The summed E-state index contributed by atoms with van der Waals surface area (Å²) in [6, 6.07) is 43.6. The van der Waals surface area contributed by atoms with Gasteiger partial charge in [0.1, 0.15) is 11.5 Å². The van der Waals surface area contributed by atoms with Crippen molar-refractivity contribution >= 4 is 21.5 Å². The molecule has 0 N–H and O–H groups in total. The number of fused-ring (bicyclic) bond motifs is 2. The van der Waals surface area contributed by atoms with E-state index in [0.29, 0.717) is 0 Å². The Labute approximate surface area is 230 Å². The molecule has 0 radical (unpaired) electrons. The summed E-state index contributed by atoms with van der Waals surface area (Å²) in [6.07, 6.45) is 2.63. The summed E-state index contributed by atoms with van der Waals surface area (Å²) < 4.78 is 10.8. The molecule has 6 rings (SSSR count). The molecule has 0 aromatic heterocycles. The minimum atomic E-state index is 0.875. The molecule has 0 unspecified atom stereocenters. The fourth-order valence-electron chi connectivity index (χ4n) is 5.61. The molecular weight excluding hydrogens is 476 g/mol. The van der Waals surface area contributed by atoms with E-state index in [1.54, 1.807) is 14.2 Å². The summed E-state index contributed by atoms with van der Waals surface area (Å²) in [5.41, 5.74) is 8.09. The zero-order chi connectivity index (χ0) is 26.6. The maximum Gasteiger partial charge on any atom is 0.118 e. The lowest BCUT2D eigenvalue weighted by Gasteiger charge is -2.18. The largest absolute Gasteiger partial charge is 0.497 e. The van der Waals surface area contributed by atoms with Gasteiger partial charge in [-0.15, -0.1) is 0 Å². The van der Waals surface area contributed by atoms with Crippen LogP contribution in [0.15, 0.2) is 121 Å². The number of hydrogen-bond acceptors (Lipinski definition) is 2. The van der Waals surface area contributed by atoms with Gasteiger partial charge in [-0.2, -0.15) is 0 Å². The molecule has 0 atom stereocenters. The second kappa shape index (κ2) is 11.0. The molecule has 6 aromatic rings. The molecule has 0 fully saturated rings. The van der Waals surface area contributed by atoms with Gasteiger partial charge in [0.25, 0.3) is 0 Å². The Balaban J connectivity index is 1.47. The van der Waals surface area contributed by atoms with Crippen LogP contribution >= 0.6 is 0 Å². The molecule has 0 saturated heterocycles. The molecule has 0 aliphatic rings. The highest BCUT2D eigenvalue weighted by molar-refractivity contribution is 5.90. The predicted octanol–water partition coefficient (Wildman–Crippen LogP) is 8.78. The van der Waals surface area contributed by atoms with Crippen molar-refractivity contribution in [2.24, 2.45) is 0 Å². The zero-order valence-electron chi connectivity index (χ0n) is 22.5. The third-order valence-electron chi connectivity index (χ3n) is 7.74. The second-order valence-corrected chi connectivity index (χ2v) is 10.1. The van der Waals surface area contributed by atoms with E-state index in [2.05, 4.69) is 97.1 Å². The van der Waals surface area contributed by atoms with E-state index in [1.165, 1.54) is 54.9 Å². The first-order valence-corrected chi connectivity index (χ1v) is 13.5. The standard InChI is InChI=1S/C37H32O2/c1-38-32-19-11-26(12-20-32)23-30-17-15-28-7-3-5-9-34(28)36(30)25-37-31(18-16-29-8-4-6-10-35(29)37)24-27-13-21-33(39-2)22-14-27/h3-22H,23-25H2,1-2H3. The summed E-state index contributed by atoms with van der Waals surface area (Å²) in [5, 5.41) is 5.21. The average Bonchev–Trinajstić information content (AvgIpc) is 3.00. The van der Waals surface area contributed by atoms with E-state index in [9.17, 15) is 0 Å². The van der Waals surface area contributed by atoms with Crippen LogP contribution in [0.3, 0.4) is 0 Å². The van der Waals surface area contributed by atoms with Crippen molar-refractivity contribution in [3.63, 3.8) is 0 Å². The van der Waals surface area contributed by atoms with Crippen molar-refractivity contribution in [1.29, 1.82) is 0 Å². The lowest BCUT2D eigenvalue weighted by Crippen LogP contribution is -2.03. The van der Waals surface area contributed by atoms with Gasteiger partial charge in [-0.25, -0.2) is 0 Å². The number of rotatable bonds is 8. The normalized spacial score (nSPS) is 11.1. The fourth-order valence-corrected chi connectivity index (χ4v) is 5.61. The summed E-state index contributed by atoms with van der Waals surface area (Å²) >= 11 is 0. The first-order valence-electron chi connectivity index (χ1n) is 13.5. The highest BCUT2D eigenvalue weighted by atomic mass is 16.5. The Bertz CT molecular complexity index is 1600. The van der Waals surface area contributed by atoms with Crippen LogP contribution in [0.1, 0.15) is 33.4 Å². The van der Waals surface area contributed by atoms with Crippen LogP contribution in [0, 0.1) is 0 Å². The lowest BCUT2D eigenvalue weighted by molar-refractivity contribution is 0.414. The van der Waals surface area contributed by atoms with Crippen LogP contribution in [0.2, 0.25) is 0 Å². The minimum absolute atomic E-state index is 0.875. The van der Waals surface area contributed by atoms with Gasteiger partial charge in [0.15, 0.2) is 0 Å². The molecule has 192 valence electrons. The Hall–Kier alpha value is -4.56. The van der Waals surface area contributed by atoms with E-state index in [1.807, 2.05) is 24.3 Å². The predicted molar refractivity (Wildman–Crippen MR) is 162 cm³/mol. The number of benzene rings is 6. The molecule has 0 amide bonds. The van der Waals surface area contributed by atoms with Crippen LogP contribution < -0.4 is 9.47 Å². The van der Waals surface area contributed by atoms with Gasteiger partial charge >= 0.3 is 0 Å². The van der Waals surface area contributed by atoms with Gasteiger partial charge in [0.05, 0.1) is 14.2 Å². The molecule has 0 heterocycles. The Kier molecular flexibility index (Phi) is 7.01. The van der Waals surface area contributed by atoms with Crippen molar-refractivity contribution < 1.29 is 9.47 Å². The van der Waals surface area contributed by atoms with Gasteiger partial charge in [0.2, 0.25) is 0 Å².